The lowest BCUT2D eigenvalue weighted by Gasteiger charge is -2.12. The highest BCUT2D eigenvalue weighted by Crippen LogP contribution is 2.40. The lowest BCUT2D eigenvalue weighted by Crippen LogP contribution is -2.32. The molecular formula is C15H19N2O3S+. The first-order chi connectivity index (χ1) is 10.3. The number of methoxy groups -OCH3 is 3. The molecule has 1 aliphatic heterocycles. The van der Waals surface area contributed by atoms with Gasteiger partial charge in [-0.05, 0) is 6.42 Å². The van der Waals surface area contributed by atoms with E-state index in [9.17, 15) is 0 Å². The minimum absolute atomic E-state index is 0.606. The zero-order chi connectivity index (χ0) is 14.8. The average Bonchev–Trinajstić information content (AvgIpc) is 3.11. The number of thiazole rings is 1. The number of hydrogen-bond acceptors (Lipinski definition) is 5. The Labute approximate surface area is 128 Å². The molecule has 3 rings (SSSR count). The SMILES string of the molecule is COc1cc(Nc2scc3[n+]2CCC3)cc(OC)c1OC. The van der Waals surface area contributed by atoms with E-state index in [0.29, 0.717) is 17.2 Å². The quantitative estimate of drug-likeness (QED) is 0.863. The molecule has 21 heavy (non-hydrogen) atoms. The van der Waals surface area contributed by atoms with Crippen LogP contribution in [0.25, 0.3) is 0 Å². The summed E-state index contributed by atoms with van der Waals surface area (Å²) in [6.07, 6.45) is 2.38. The van der Waals surface area contributed by atoms with Crippen LogP contribution in [0.15, 0.2) is 17.5 Å². The number of nitrogens with zero attached hydrogens (tertiary/aromatic N) is 1. The van der Waals surface area contributed by atoms with Gasteiger partial charge in [0.05, 0.1) is 27.9 Å². The lowest BCUT2D eigenvalue weighted by atomic mass is 10.2. The Balaban J connectivity index is 1.95. The standard InChI is InChI=1S/C15H18N2O3S/c1-18-12-7-10(8-13(19-2)14(12)20-3)16-15-17-6-4-5-11(17)9-21-15/h7-9H,4-6H2,1-3H3/p+1. The fraction of sp³-hybridized carbons (Fsp3) is 0.400. The molecule has 0 saturated carbocycles. The number of aryl methyl sites for hydroxylation is 1. The van der Waals surface area contributed by atoms with Gasteiger partial charge in [0.25, 0.3) is 0 Å². The Morgan fingerprint density at radius 3 is 2.43 bits per heavy atom. The highest BCUT2D eigenvalue weighted by Gasteiger charge is 2.24. The van der Waals surface area contributed by atoms with Crippen LogP contribution in [0, 0.1) is 0 Å². The minimum Gasteiger partial charge on any atom is -0.493 e. The van der Waals surface area contributed by atoms with Crippen molar-refractivity contribution in [2.24, 2.45) is 0 Å². The first-order valence-electron chi connectivity index (χ1n) is 6.84. The summed E-state index contributed by atoms with van der Waals surface area (Å²) in [5, 5.41) is 6.80. The third-order valence-electron chi connectivity index (χ3n) is 3.63. The molecule has 0 unspecified atom stereocenters. The van der Waals surface area contributed by atoms with Gasteiger partial charge in [0.2, 0.25) is 5.75 Å². The number of hydrogen-bond donors (Lipinski definition) is 1. The van der Waals surface area contributed by atoms with Crippen molar-refractivity contribution in [3.05, 3.63) is 23.2 Å². The molecule has 112 valence electrons. The molecule has 0 spiro atoms. The minimum atomic E-state index is 0.606. The van der Waals surface area contributed by atoms with Gasteiger partial charge in [-0.1, -0.05) is 11.3 Å². The topological polar surface area (TPSA) is 43.6 Å². The predicted molar refractivity (Wildman–Crippen MR) is 82.2 cm³/mol. The van der Waals surface area contributed by atoms with Crippen molar-refractivity contribution >= 4 is 22.2 Å². The summed E-state index contributed by atoms with van der Waals surface area (Å²) < 4.78 is 18.4. The van der Waals surface area contributed by atoms with Crippen LogP contribution in [0.4, 0.5) is 10.8 Å². The smallest absolute Gasteiger partial charge is 0.339 e. The van der Waals surface area contributed by atoms with E-state index in [1.54, 1.807) is 32.7 Å². The lowest BCUT2D eigenvalue weighted by molar-refractivity contribution is -0.672. The van der Waals surface area contributed by atoms with Gasteiger partial charge in [-0.3, -0.25) is 0 Å². The summed E-state index contributed by atoms with van der Waals surface area (Å²) in [5.41, 5.74) is 2.32. The van der Waals surface area contributed by atoms with Crippen LogP contribution in [-0.2, 0) is 13.0 Å². The van der Waals surface area contributed by atoms with Crippen LogP contribution in [0.2, 0.25) is 0 Å². The summed E-state index contributed by atoms with van der Waals surface area (Å²) in [6, 6.07) is 3.84. The first-order valence-corrected chi connectivity index (χ1v) is 7.72. The molecule has 0 fully saturated rings. The van der Waals surface area contributed by atoms with E-state index < -0.39 is 0 Å². The highest BCUT2D eigenvalue weighted by molar-refractivity contribution is 7.13. The van der Waals surface area contributed by atoms with Crippen molar-refractivity contribution in [2.75, 3.05) is 26.6 Å². The number of ether oxygens (including phenoxy) is 3. The van der Waals surface area contributed by atoms with E-state index in [-0.39, 0.29) is 0 Å². The van der Waals surface area contributed by atoms with Gasteiger partial charge in [0, 0.05) is 23.9 Å². The van der Waals surface area contributed by atoms with E-state index in [0.717, 1.165) is 23.8 Å². The van der Waals surface area contributed by atoms with Gasteiger partial charge in [-0.2, -0.15) is 0 Å². The molecule has 2 aromatic rings. The molecule has 5 nitrogen and oxygen atoms in total. The number of nitrogens with one attached hydrogen (secondary N) is 1. The van der Waals surface area contributed by atoms with Crippen LogP contribution >= 0.6 is 11.3 Å². The van der Waals surface area contributed by atoms with Crippen molar-refractivity contribution in [3.63, 3.8) is 0 Å². The molecule has 1 N–H and O–H groups in total. The molecule has 1 aromatic heterocycles. The maximum Gasteiger partial charge on any atom is 0.339 e. The van der Waals surface area contributed by atoms with Gasteiger partial charge in [-0.15, -0.1) is 0 Å². The molecule has 0 radical (unpaired) electrons. The summed E-state index contributed by atoms with van der Waals surface area (Å²) in [5.74, 6) is 1.91. The normalized spacial score (nSPS) is 12.9. The van der Waals surface area contributed by atoms with Gasteiger partial charge < -0.3 is 14.2 Å². The third kappa shape index (κ3) is 2.51. The zero-order valence-electron chi connectivity index (χ0n) is 12.4. The summed E-state index contributed by atoms with van der Waals surface area (Å²) in [4.78, 5) is 0. The monoisotopic (exact) mass is 307 g/mol. The number of benzene rings is 1. The maximum atomic E-state index is 5.38. The molecule has 0 atom stereocenters. The number of rotatable bonds is 5. The van der Waals surface area contributed by atoms with E-state index >= 15 is 0 Å². The van der Waals surface area contributed by atoms with Gasteiger partial charge >= 0.3 is 5.13 Å². The van der Waals surface area contributed by atoms with Crippen molar-refractivity contribution in [2.45, 2.75) is 19.4 Å². The molecular weight excluding hydrogens is 288 g/mol. The highest BCUT2D eigenvalue weighted by atomic mass is 32.1. The molecule has 1 aromatic carbocycles. The average molecular weight is 307 g/mol. The van der Waals surface area contributed by atoms with E-state index in [1.165, 1.54) is 12.1 Å². The van der Waals surface area contributed by atoms with E-state index in [1.807, 2.05) is 12.1 Å². The Morgan fingerprint density at radius 1 is 1.10 bits per heavy atom. The van der Waals surface area contributed by atoms with Crippen LogP contribution in [0.3, 0.4) is 0 Å². The molecule has 0 saturated heterocycles. The largest absolute Gasteiger partial charge is 0.493 e. The number of anilines is 2. The summed E-state index contributed by atoms with van der Waals surface area (Å²) in [7, 11) is 4.85. The van der Waals surface area contributed by atoms with E-state index in [2.05, 4.69) is 15.3 Å². The third-order valence-corrected chi connectivity index (χ3v) is 4.56. The molecule has 0 bridgehead atoms. The van der Waals surface area contributed by atoms with Crippen molar-refractivity contribution in [1.29, 1.82) is 0 Å². The van der Waals surface area contributed by atoms with E-state index in [4.69, 9.17) is 14.2 Å². The molecule has 6 heteroatoms. The van der Waals surface area contributed by atoms with Crippen molar-refractivity contribution in [3.8, 4) is 17.2 Å². The molecule has 0 aliphatic carbocycles. The Kier molecular flexibility index (Phi) is 3.88. The fourth-order valence-corrected chi connectivity index (χ4v) is 3.62. The van der Waals surface area contributed by atoms with Gasteiger partial charge in [0.15, 0.2) is 11.5 Å². The Hall–Kier alpha value is -1.95. The molecule has 1 aliphatic rings. The second-order valence-corrected chi connectivity index (χ2v) is 5.68. The van der Waals surface area contributed by atoms with Crippen LogP contribution < -0.4 is 24.1 Å². The van der Waals surface area contributed by atoms with Crippen LogP contribution in [0.1, 0.15) is 12.1 Å². The summed E-state index contributed by atoms with van der Waals surface area (Å²) >= 11 is 1.72. The first kappa shape index (κ1) is 14.0. The Bertz CT molecular complexity index is 629. The van der Waals surface area contributed by atoms with Gasteiger partial charge in [0.1, 0.15) is 11.4 Å². The summed E-state index contributed by atoms with van der Waals surface area (Å²) in [6.45, 7) is 1.07. The second kappa shape index (κ2) is 5.81. The number of aromatic nitrogens is 1. The number of fused-ring (bicyclic) bond motifs is 1. The van der Waals surface area contributed by atoms with Crippen molar-refractivity contribution < 1.29 is 18.8 Å². The van der Waals surface area contributed by atoms with Gasteiger partial charge in [-0.25, -0.2) is 9.88 Å². The molecule has 0 amide bonds. The van der Waals surface area contributed by atoms with Crippen molar-refractivity contribution in [1.82, 2.24) is 0 Å². The zero-order valence-corrected chi connectivity index (χ0v) is 13.3. The second-order valence-electron chi connectivity index (χ2n) is 4.83. The van der Waals surface area contributed by atoms with Crippen LogP contribution in [-0.4, -0.2) is 21.3 Å². The molecule has 2 heterocycles. The maximum absolute atomic E-state index is 5.38. The fourth-order valence-electron chi connectivity index (χ4n) is 2.61. The van der Waals surface area contributed by atoms with Crippen LogP contribution in [0.5, 0.6) is 17.2 Å². The Morgan fingerprint density at radius 2 is 1.81 bits per heavy atom. The predicted octanol–water partition coefficient (Wildman–Crippen LogP) is 2.75.